The monoisotopic (exact) mass is 851 g/mol. The molecule has 0 spiro atoms. The van der Waals surface area contributed by atoms with Crippen LogP contribution in [0.5, 0.6) is 0 Å². The third-order valence-electron chi connectivity index (χ3n) is 10.4. The van der Waals surface area contributed by atoms with Gasteiger partial charge in [0.05, 0.1) is 15.9 Å². The molecule has 0 radical (unpaired) electrons. The SMILES string of the molecule is CC(C)=C(/C(=C(\C=C\C(C)C)c1ccc(C)cc1)c1cc(C)cc(CC2=CCCN(c3ccc(CCCCO[P+](=O)c4ccc(F)c([N+](=O)[O-])c4)cc3)CC2)c1)S(C)(=O)=O. The zero-order valence-electron chi connectivity index (χ0n) is 35.8. The lowest BCUT2D eigenvalue weighted by molar-refractivity contribution is -0.387. The Hall–Kier alpha value is -5.02. The molecule has 0 bridgehead atoms. The van der Waals surface area contributed by atoms with E-state index in [4.69, 9.17) is 4.52 Å². The van der Waals surface area contributed by atoms with Crippen molar-refractivity contribution < 1.29 is 26.8 Å². The maximum absolute atomic E-state index is 13.6. The van der Waals surface area contributed by atoms with Gasteiger partial charge in [0.2, 0.25) is 11.1 Å². The molecule has 0 saturated heterocycles. The van der Waals surface area contributed by atoms with Crippen LogP contribution in [0, 0.1) is 35.7 Å². The standard InChI is InChI=1S/C49H57FN2O6PS/c1-34(2)13-23-45(41-18-14-36(5)15-19-41)48(49(35(3)4)60(7,56)57)42-30-37(6)29-40(32-42)31-39-12-10-26-51(27-25-39)43-20-16-38(17-21-43)11-8-9-28-58-59(55)44-22-24-46(50)47(33-44)52(53)54/h12-24,29-30,32-34H,8-11,25-28,31H2,1-7H3/q+1/b23-13+,48-45+. The van der Waals surface area contributed by atoms with Crippen LogP contribution in [-0.2, 0) is 31.8 Å². The normalized spacial score (nSPS) is 14.2. The number of aryl methyl sites for hydroxylation is 3. The van der Waals surface area contributed by atoms with Crippen molar-refractivity contribution in [2.24, 2.45) is 5.92 Å². The molecule has 11 heteroatoms. The van der Waals surface area contributed by atoms with E-state index >= 15 is 0 Å². The summed E-state index contributed by atoms with van der Waals surface area (Å²) in [5, 5.41) is 11.1. The minimum atomic E-state index is -3.60. The molecule has 0 aromatic heterocycles. The van der Waals surface area contributed by atoms with Crippen molar-refractivity contribution in [3.05, 3.63) is 169 Å². The topological polar surface area (TPSA) is 107 Å². The number of nitro benzene ring substituents is 1. The van der Waals surface area contributed by atoms with Crippen LogP contribution in [0.2, 0.25) is 0 Å². The number of benzene rings is 4. The molecule has 1 aliphatic heterocycles. The van der Waals surface area contributed by atoms with E-state index in [0.717, 1.165) is 102 Å². The lowest BCUT2D eigenvalue weighted by Crippen LogP contribution is -2.24. The summed E-state index contributed by atoms with van der Waals surface area (Å²) in [6.07, 6.45) is 12.8. The van der Waals surface area contributed by atoms with E-state index in [0.29, 0.717) is 11.3 Å². The van der Waals surface area contributed by atoms with Crippen molar-refractivity contribution in [1.82, 2.24) is 0 Å². The molecule has 1 heterocycles. The van der Waals surface area contributed by atoms with Crippen LogP contribution in [-0.4, -0.2) is 39.3 Å². The summed E-state index contributed by atoms with van der Waals surface area (Å²) in [5.41, 5.74) is 10.6. The second kappa shape index (κ2) is 21.0. The number of anilines is 1. The van der Waals surface area contributed by atoms with Gasteiger partial charge in [-0.3, -0.25) is 10.1 Å². The molecule has 0 N–H and O–H groups in total. The number of nitro groups is 1. The molecule has 1 atom stereocenters. The highest BCUT2D eigenvalue weighted by atomic mass is 32.2. The third-order valence-corrected chi connectivity index (χ3v) is 12.9. The highest BCUT2D eigenvalue weighted by Gasteiger charge is 2.28. The second-order valence-corrected chi connectivity index (χ2v) is 19.5. The van der Waals surface area contributed by atoms with Crippen LogP contribution >= 0.6 is 8.03 Å². The van der Waals surface area contributed by atoms with Gasteiger partial charge in [-0.25, -0.2) is 8.42 Å². The molecule has 0 saturated carbocycles. The lowest BCUT2D eigenvalue weighted by atomic mass is 9.89. The molecule has 4 aromatic carbocycles. The molecule has 8 nitrogen and oxygen atoms in total. The maximum atomic E-state index is 13.6. The van der Waals surface area contributed by atoms with Gasteiger partial charge < -0.3 is 4.90 Å². The first-order valence-electron chi connectivity index (χ1n) is 20.5. The molecule has 316 valence electrons. The zero-order valence-corrected chi connectivity index (χ0v) is 37.5. The molecule has 1 unspecified atom stereocenters. The number of halogens is 1. The highest BCUT2D eigenvalue weighted by molar-refractivity contribution is 7.95. The van der Waals surface area contributed by atoms with Gasteiger partial charge in [0.15, 0.2) is 9.84 Å². The fourth-order valence-corrected chi connectivity index (χ4v) is 9.76. The van der Waals surface area contributed by atoms with Crippen LogP contribution in [0.15, 0.2) is 119 Å². The predicted octanol–water partition coefficient (Wildman–Crippen LogP) is 12.0. The van der Waals surface area contributed by atoms with Gasteiger partial charge in [-0.05, 0) is 129 Å². The molecular weight excluding hydrogens is 795 g/mol. The van der Waals surface area contributed by atoms with Crippen LogP contribution in [0.3, 0.4) is 0 Å². The number of hydrogen-bond acceptors (Lipinski definition) is 7. The number of rotatable bonds is 17. The van der Waals surface area contributed by atoms with Crippen LogP contribution < -0.4 is 10.2 Å². The Labute approximate surface area is 356 Å². The van der Waals surface area contributed by atoms with Gasteiger partial charge in [-0.1, -0.05) is 109 Å². The minimum absolute atomic E-state index is 0.0958. The fourth-order valence-electron chi connectivity index (χ4n) is 7.55. The number of allylic oxidation sites excluding steroid dienone is 5. The molecule has 0 aliphatic carbocycles. The largest absolute Gasteiger partial charge is 0.548 e. The van der Waals surface area contributed by atoms with E-state index in [9.17, 15) is 27.5 Å². The van der Waals surface area contributed by atoms with E-state index in [1.54, 1.807) is 0 Å². The molecule has 0 amide bonds. The molecule has 60 heavy (non-hydrogen) atoms. The average molecular weight is 852 g/mol. The summed E-state index contributed by atoms with van der Waals surface area (Å²) >= 11 is 0. The second-order valence-electron chi connectivity index (χ2n) is 16.2. The quantitative estimate of drug-likeness (QED) is 0.0198. The lowest BCUT2D eigenvalue weighted by Gasteiger charge is -2.23. The van der Waals surface area contributed by atoms with Crippen molar-refractivity contribution in [2.45, 2.75) is 80.1 Å². The van der Waals surface area contributed by atoms with Gasteiger partial charge >= 0.3 is 13.7 Å². The Bertz CT molecular complexity index is 2430. The Morgan fingerprint density at radius 2 is 1.63 bits per heavy atom. The molecule has 0 fully saturated rings. The number of nitrogens with zero attached hydrogens (tertiary/aromatic N) is 2. The smallest absolute Gasteiger partial charge is 0.371 e. The summed E-state index contributed by atoms with van der Waals surface area (Å²) in [5.74, 6) is -0.697. The van der Waals surface area contributed by atoms with Gasteiger partial charge in [-0.2, -0.15) is 4.39 Å². The first-order valence-corrected chi connectivity index (χ1v) is 23.6. The summed E-state index contributed by atoms with van der Waals surface area (Å²) in [6.45, 7) is 14.2. The summed E-state index contributed by atoms with van der Waals surface area (Å²) in [4.78, 5) is 12.9. The predicted molar refractivity (Wildman–Crippen MR) is 245 cm³/mol. The van der Waals surface area contributed by atoms with Gasteiger partial charge in [0.1, 0.15) is 6.61 Å². The van der Waals surface area contributed by atoms with Crippen molar-refractivity contribution in [3.8, 4) is 0 Å². The van der Waals surface area contributed by atoms with Crippen molar-refractivity contribution in [3.63, 3.8) is 0 Å². The molecule has 5 rings (SSSR count). The van der Waals surface area contributed by atoms with Gasteiger partial charge in [-0.15, -0.1) is 4.52 Å². The summed E-state index contributed by atoms with van der Waals surface area (Å²) in [6, 6.07) is 26.6. The van der Waals surface area contributed by atoms with E-state index in [2.05, 4.69) is 118 Å². The molecular formula is C49H57FN2O6PS+. The minimum Gasteiger partial charge on any atom is -0.371 e. The maximum Gasteiger partial charge on any atom is 0.548 e. The van der Waals surface area contributed by atoms with E-state index in [-0.39, 0.29) is 17.8 Å². The van der Waals surface area contributed by atoms with E-state index < -0.39 is 34.3 Å². The average Bonchev–Trinajstić information content (AvgIpc) is 3.42. The Balaban J connectivity index is 1.25. The highest BCUT2D eigenvalue weighted by Crippen LogP contribution is 2.39. The first-order chi connectivity index (χ1) is 28.5. The van der Waals surface area contributed by atoms with Crippen LogP contribution in [0.25, 0.3) is 11.1 Å². The van der Waals surface area contributed by atoms with Crippen molar-refractivity contribution in [2.75, 3.05) is 30.9 Å². The molecule has 4 aromatic rings. The third kappa shape index (κ3) is 12.7. The number of hydrogen-bond donors (Lipinski definition) is 0. The fraction of sp³-hybridized carbons (Fsp3) is 0.347. The zero-order chi connectivity index (χ0) is 43.6. The molecule has 1 aliphatic rings. The van der Waals surface area contributed by atoms with Crippen molar-refractivity contribution in [1.29, 1.82) is 0 Å². The first kappa shape index (κ1) is 46.1. The van der Waals surface area contributed by atoms with Gasteiger partial charge in [0, 0.05) is 30.6 Å². The number of sulfone groups is 1. The van der Waals surface area contributed by atoms with E-state index in [1.807, 2.05) is 13.8 Å². The Morgan fingerprint density at radius 3 is 2.28 bits per heavy atom. The van der Waals surface area contributed by atoms with Crippen molar-refractivity contribution >= 4 is 45.7 Å². The van der Waals surface area contributed by atoms with Crippen LogP contribution in [0.4, 0.5) is 15.8 Å². The summed E-state index contributed by atoms with van der Waals surface area (Å²) < 4.78 is 58.7. The number of unbranched alkanes of at least 4 members (excludes halogenated alkanes) is 1. The van der Waals surface area contributed by atoms with E-state index in [1.165, 1.54) is 29.1 Å². The Morgan fingerprint density at radius 1 is 0.917 bits per heavy atom. The van der Waals surface area contributed by atoms with Gasteiger partial charge in [0.25, 0.3) is 0 Å². The Kier molecular flexibility index (Phi) is 16.1. The van der Waals surface area contributed by atoms with Crippen LogP contribution in [0.1, 0.15) is 86.8 Å². The summed E-state index contributed by atoms with van der Waals surface area (Å²) in [7, 11) is -5.91.